The summed E-state index contributed by atoms with van der Waals surface area (Å²) in [7, 11) is 0. The molecule has 2 aromatic rings. The number of urea groups is 1. The van der Waals surface area contributed by atoms with Gasteiger partial charge in [-0.2, -0.15) is 0 Å². The predicted octanol–water partition coefficient (Wildman–Crippen LogP) is 2.32. The lowest BCUT2D eigenvalue weighted by atomic mass is 9.99. The molecule has 3 rings (SSSR count). The van der Waals surface area contributed by atoms with Crippen LogP contribution in [0.2, 0.25) is 5.02 Å². The number of hydrogen-bond acceptors (Lipinski definition) is 4. The second kappa shape index (κ2) is 6.84. The molecule has 2 N–H and O–H groups in total. The SMILES string of the molecule is Cc1ccc(C2(C)NC(=O)N(CC(=O)NCc3cccc(Cl)c3)C2=O)o1. The van der Waals surface area contributed by atoms with Gasteiger partial charge in [-0.15, -0.1) is 0 Å². The van der Waals surface area contributed by atoms with Crippen LogP contribution in [-0.2, 0) is 21.7 Å². The summed E-state index contributed by atoms with van der Waals surface area (Å²) in [6.07, 6.45) is 0. The summed E-state index contributed by atoms with van der Waals surface area (Å²) in [5.41, 5.74) is -0.502. The highest BCUT2D eigenvalue weighted by Gasteiger charge is 2.51. The molecule has 7 nitrogen and oxygen atoms in total. The summed E-state index contributed by atoms with van der Waals surface area (Å²) in [4.78, 5) is 37.9. The Hall–Kier alpha value is -2.80. The molecule has 136 valence electrons. The maximum Gasteiger partial charge on any atom is 0.325 e. The van der Waals surface area contributed by atoms with E-state index in [0.717, 1.165) is 10.5 Å². The average molecular weight is 376 g/mol. The summed E-state index contributed by atoms with van der Waals surface area (Å²) in [5, 5.41) is 5.83. The summed E-state index contributed by atoms with van der Waals surface area (Å²) in [6.45, 7) is 3.17. The van der Waals surface area contributed by atoms with Crippen LogP contribution >= 0.6 is 11.6 Å². The zero-order valence-corrected chi connectivity index (χ0v) is 15.1. The second-order valence-electron chi connectivity index (χ2n) is 6.26. The van der Waals surface area contributed by atoms with Gasteiger partial charge in [0, 0.05) is 11.6 Å². The number of benzene rings is 1. The number of nitrogens with one attached hydrogen (secondary N) is 2. The van der Waals surface area contributed by atoms with Crippen LogP contribution in [0.4, 0.5) is 4.79 Å². The van der Waals surface area contributed by atoms with Crippen molar-refractivity contribution in [3.05, 3.63) is 58.5 Å². The Labute approximate surface area is 155 Å². The monoisotopic (exact) mass is 375 g/mol. The number of rotatable bonds is 5. The van der Waals surface area contributed by atoms with Crippen LogP contribution in [0.1, 0.15) is 24.0 Å². The first-order valence-corrected chi connectivity index (χ1v) is 8.39. The highest BCUT2D eigenvalue weighted by atomic mass is 35.5. The molecule has 1 atom stereocenters. The zero-order valence-electron chi connectivity index (χ0n) is 14.3. The normalized spacial score (nSPS) is 19.6. The van der Waals surface area contributed by atoms with Gasteiger partial charge in [0.1, 0.15) is 18.1 Å². The smallest absolute Gasteiger partial charge is 0.325 e. The summed E-state index contributed by atoms with van der Waals surface area (Å²) >= 11 is 5.90. The van der Waals surface area contributed by atoms with Crippen molar-refractivity contribution in [2.45, 2.75) is 25.9 Å². The summed E-state index contributed by atoms with van der Waals surface area (Å²) < 4.78 is 5.48. The molecule has 1 aromatic carbocycles. The zero-order chi connectivity index (χ0) is 18.9. The van der Waals surface area contributed by atoms with Crippen molar-refractivity contribution in [2.24, 2.45) is 0 Å². The Kier molecular flexibility index (Phi) is 4.73. The largest absolute Gasteiger partial charge is 0.463 e. The quantitative estimate of drug-likeness (QED) is 0.784. The highest BCUT2D eigenvalue weighted by molar-refractivity contribution is 6.30. The minimum Gasteiger partial charge on any atom is -0.463 e. The van der Waals surface area contributed by atoms with Crippen molar-refractivity contribution >= 4 is 29.4 Å². The summed E-state index contributed by atoms with van der Waals surface area (Å²) in [5.74, 6) is -0.0284. The standard InChI is InChI=1S/C18H18ClN3O4/c1-11-6-7-14(26-11)18(2)16(24)22(17(25)21-18)10-15(23)20-9-12-4-3-5-13(19)8-12/h3-8H,9-10H2,1-2H3,(H,20,23)(H,21,25). The molecule has 1 unspecified atom stereocenters. The van der Waals surface area contributed by atoms with Crippen molar-refractivity contribution < 1.29 is 18.8 Å². The molecule has 8 heteroatoms. The van der Waals surface area contributed by atoms with Crippen molar-refractivity contribution in [2.75, 3.05) is 6.54 Å². The molecule has 0 radical (unpaired) electrons. The first kappa shape index (κ1) is 18.0. The lowest BCUT2D eigenvalue weighted by Gasteiger charge is -2.19. The molecular weight excluding hydrogens is 358 g/mol. The number of nitrogens with zero attached hydrogens (tertiary/aromatic N) is 1. The topological polar surface area (TPSA) is 91.7 Å². The molecule has 2 heterocycles. The van der Waals surface area contributed by atoms with Crippen molar-refractivity contribution in [1.29, 1.82) is 0 Å². The molecule has 1 saturated heterocycles. The van der Waals surface area contributed by atoms with Crippen LogP contribution in [0.5, 0.6) is 0 Å². The maximum absolute atomic E-state index is 12.7. The van der Waals surface area contributed by atoms with Crippen molar-refractivity contribution in [1.82, 2.24) is 15.5 Å². The fraction of sp³-hybridized carbons (Fsp3) is 0.278. The number of furan rings is 1. The fourth-order valence-electron chi connectivity index (χ4n) is 2.76. The summed E-state index contributed by atoms with van der Waals surface area (Å²) in [6, 6.07) is 9.76. The molecule has 0 aliphatic carbocycles. The number of carbonyl (C=O) groups is 3. The van der Waals surface area contributed by atoms with Crippen molar-refractivity contribution in [3.63, 3.8) is 0 Å². The molecule has 0 spiro atoms. The lowest BCUT2D eigenvalue weighted by molar-refractivity contribution is -0.135. The van der Waals surface area contributed by atoms with Crippen LogP contribution in [0, 0.1) is 6.92 Å². The molecule has 0 saturated carbocycles. The Morgan fingerprint density at radius 1 is 1.31 bits per heavy atom. The van der Waals surface area contributed by atoms with E-state index in [4.69, 9.17) is 16.0 Å². The van der Waals surface area contributed by atoms with Gasteiger partial charge in [0.05, 0.1) is 0 Å². The van der Waals surface area contributed by atoms with E-state index >= 15 is 0 Å². The number of halogens is 1. The third-order valence-corrected chi connectivity index (χ3v) is 4.42. The maximum atomic E-state index is 12.7. The van der Waals surface area contributed by atoms with Gasteiger partial charge in [-0.1, -0.05) is 23.7 Å². The van der Waals surface area contributed by atoms with Gasteiger partial charge < -0.3 is 15.1 Å². The number of imide groups is 1. The van der Waals surface area contributed by atoms with Gasteiger partial charge in [0.2, 0.25) is 5.91 Å². The van der Waals surface area contributed by atoms with E-state index in [0.29, 0.717) is 16.5 Å². The van der Waals surface area contributed by atoms with Gasteiger partial charge in [0.25, 0.3) is 5.91 Å². The van der Waals surface area contributed by atoms with Gasteiger partial charge in [-0.3, -0.25) is 14.5 Å². The lowest BCUT2D eigenvalue weighted by Crippen LogP contribution is -2.43. The molecule has 0 bridgehead atoms. The van der Waals surface area contributed by atoms with E-state index in [2.05, 4.69) is 10.6 Å². The third kappa shape index (κ3) is 3.43. The third-order valence-electron chi connectivity index (χ3n) is 4.19. The number of carbonyl (C=O) groups excluding carboxylic acids is 3. The highest BCUT2D eigenvalue weighted by Crippen LogP contribution is 2.29. The van der Waals surface area contributed by atoms with E-state index in [1.54, 1.807) is 44.2 Å². The van der Waals surface area contributed by atoms with Crippen molar-refractivity contribution in [3.8, 4) is 0 Å². The second-order valence-corrected chi connectivity index (χ2v) is 6.70. The van der Waals surface area contributed by atoms with E-state index in [1.807, 2.05) is 6.07 Å². The minimum atomic E-state index is -1.32. The number of aryl methyl sites for hydroxylation is 1. The Morgan fingerprint density at radius 2 is 2.08 bits per heavy atom. The van der Waals surface area contributed by atoms with Crippen LogP contribution in [0.25, 0.3) is 0 Å². The van der Waals surface area contributed by atoms with E-state index < -0.39 is 23.4 Å². The number of amides is 4. The first-order valence-electron chi connectivity index (χ1n) is 8.02. The first-order chi connectivity index (χ1) is 12.3. The van der Waals surface area contributed by atoms with Gasteiger partial charge >= 0.3 is 6.03 Å². The molecule has 4 amide bonds. The minimum absolute atomic E-state index is 0.248. The van der Waals surface area contributed by atoms with E-state index in [1.165, 1.54) is 0 Å². The Bertz CT molecular complexity index is 879. The molecular formula is C18H18ClN3O4. The van der Waals surface area contributed by atoms with E-state index in [9.17, 15) is 14.4 Å². The molecule has 26 heavy (non-hydrogen) atoms. The predicted molar refractivity (Wildman–Crippen MR) is 94.3 cm³/mol. The van der Waals surface area contributed by atoms with Crippen LogP contribution in [0.15, 0.2) is 40.8 Å². The van der Waals surface area contributed by atoms with Gasteiger partial charge in [0.15, 0.2) is 5.54 Å². The average Bonchev–Trinajstić information content (AvgIpc) is 3.11. The molecule has 1 aliphatic rings. The fourth-order valence-corrected chi connectivity index (χ4v) is 2.97. The van der Waals surface area contributed by atoms with Crippen LogP contribution in [-0.4, -0.2) is 29.3 Å². The Morgan fingerprint density at radius 3 is 2.73 bits per heavy atom. The molecule has 1 aromatic heterocycles. The molecule has 1 aliphatic heterocycles. The molecule has 1 fully saturated rings. The van der Waals surface area contributed by atoms with Gasteiger partial charge in [-0.25, -0.2) is 4.79 Å². The van der Waals surface area contributed by atoms with Gasteiger partial charge in [-0.05, 0) is 43.7 Å². The van der Waals surface area contributed by atoms with E-state index in [-0.39, 0.29) is 13.1 Å². The van der Waals surface area contributed by atoms with Crippen LogP contribution in [0.3, 0.4) is 0 Å². The number of hydrogen-bond donors (Lipinski definition) is 2. The Balaban J connectivity index is 1.65. The van der Waals surface area contributed by atoms with Crippen LogP contribution < -0.4 is 10.6 Å².